The lowest BCUT2D eigenvalue weighted by atomic mass is 9.53. The number of anilines is 1. The summed E-state index contributed by atoms with van der Waals surface area (Å²) in [6.07, 6.45) is 7.70. The van der Waals surface area contributed by atoms with Gasteiger partial charge >= 0.3 is 6.03 Å². The fraction of sp³-hybridized carbons (Fsp3) is 0.619. The van der Waals surface area contributed by atoms with E-state index in [4.69, 9.17) is 4.74 Å². The van der Waals surface area contributed by atoms with Gasteiger partial charge in [-0.15, -0.1) is 0 Å². The zero-order valence-corrected chi connectivity index (χ0v) is 15.9. The van der Waals surface area contributed by atoms with E-state index in [9.17, 15) is 9.59 Å². The molecule has 4 saturated carbocycles. The molecule has 0 unspecified atom stereocenters. The zero-order chi connectivity index (χ0) is 18.9. The minimum absolute atomic E-state index is 0.00415. The van der Waals surface area contributed by atoms with Crippen LogP contribution in [0.1, 0.15) is 44.9 Å². The highest BCUT2D eigenvalue weighted by atomic mass is 16.5. The highest BCUT2D eigenvalue weighted by Gasteiger charge is 2.51. The van der Waals surface area contributed by atoms with E-state index in [1.54, 1.807) is 31.4 Å². The molecule has 4 fully saturated rings. The van der Waals surface area contributed by atoms with Crippen LogP contribution >= 0.6 is 0 Å². The SMILES string of the molecule is COc1ccc(NC(=O)CCNC(=O)NC23CC4CC(CC(C4)C2)C3)cc1. The smallest absolute Gasteiger partial charge is 0.315 e. The second-order valence-corrected chi connectivity index (χ2v) is 8.61. The second-order valence-electron chi connectivity index (χ2n) is 8.61. The van der Waals surface area contributed by atoms with Crippen molar-refractivity contribution in [3.8, 4) is 5.75 Å². The van der Waals surface area contributed by atoms with Crippen LogP contribution in [-0.4, -0.2) is 31.1 Å². The van der Waals surface area contributed by atoms with Gasteiger partial charge in [-0.25, -0.2) is 4.79 Å². The van der Waals surface area contributed by atoms with Crippen LogP contribution in [0.15, 0.2) is 24.3 Å². The zero-order valence-electron chi connectivity index (χ0n) is 15.9. The Morgan fingerprint density at radius 1 is 1.04 bits per heavy atom. The predicted octanol–water partition coefficient (Wildman–Crippen LogP) is 3.29. The van der Waals surface area contributed by atoms with Crippen molar-refractivity contribution >= 4 is 17.6 Å². The molecule has 6 nitrogen and oxygen atoms in total. The molecule has 0 saturated heterocycles. The first-order valence-corrected chi connectivity index (χ1v) is 10.0. The quantitative estimate of drug-likeness (QED) is 0.718. The summed E-state index contributed by atoms with van der Waals surface area (Å²) >= 11 is 0. The molecule has 5 rings (SSSR count). The number of nitrogens with one attached hydrogen (secondary N) is 3. The van der Waals surface area contributed by atoms with Crippen LogP contribution < -0.4 is 20.7 Å². The maximum Gasteiger partial charge on any atom is 0.315 e. The van der Waals surface area contributed by atoms with Gasteiger partial charge in [0, 0.05) is 24.2 Å². The molecule has 1 aromatic carbocycles. The summed E-state index contributed by atoms with van der Waals surface area (Å²) in [5, 5.41) is 8.95. The van der Waals surface area contributed by atoms with Gasteiger partial charge in [0.2, 0.25) is 5.91 Å². The van der Waals surface area contributed by atoms with Crippen molar-refractivity contribution in [3.05, 3.63) is 24.3 Å². The number of hydrogen-bond donors (Lipinski definition) is 3. The summed E-state index contributed by atoms with van der Waals surface area (Å²) in [5.41, 5.74) is 0.725. The molecule has 0 radical (unpaired) electrons. The largest absolute Gasteiger partial charge is 0.497 e. The Balaban J connectivity index is 1.20. The van der Waals surface area contributed by atoms with E-state index in [-0.39, 0.29) is 23.9 Å². The van der Waals surface area contributed by atoms with Gasteiger partial charge in [-0.2, -0.15) is 0 Å². The predicted molar refractivity (Wildman–Crippen MR) is 104 cm³/mol. The normalized spacial score (nSPS) is 30.6. The number of ether oxygens (including phenoxy) is 1. The molecule has 4 aliphatic rings. The molecule has 6 heteroatoms. The molecule has 0 aliphatic heterocycles. The van der Waals surface area contributed by atoms with Crippen LogP contribution in [0.25, 0.3) is 0 Å². The van der Waals surface area contributed by atoms with Crippen molar-refractivity contribution in [2.75, 3.05) is 19.0 Å². The first-order chi connectivity index (χ1) is 13.0. The van der Waals surface area contributed by atoms with Crippen molar-refractivity contribution in [2.45, 2.75) is 50.5 Å². The maximum atomic E-state index is 12.4. The number of benzene rings is 1. The monoisotopic (exact) mass is 371 g/mol. The van der Waals surface area contributed by atoms with E-state index in [0.717, 1.165) is 48.5 Å². The van der Waals surface area contributed by atoms with Gasteiger partial charge in [-0.05, 0) is 80.5 Å². The van der Waals surface area contributed by atoms with Crippen LogP contribution in [0.2, 0.25) is 0 Å². The van der Waals surface area contributed by atoms with Gasteiger partial charge in [0.1, 0.15) is 5.75 Å². The number of carbonyl (C=O) groups is 2. The van der Waals surface area contributed by atoms with E-state index in [2.05, 4.69) is 16.0 Å². The highest BCUT2D eigenvalue weighted by Crippen LogP contribution is 2.55. The molecule has 4 aliphatic carbocycles. The minimum atomic E-state index is -0.130. The third-order valence-corrected chi connectivity index (χ3v) is 6.43. The molecule has 1 aromatic rings. The van der Waals surface area contributed by atoms with E-state index in [1.807, 2.05) is 0 Å². The van der Waals surface area contributed by atoms with Gasteiger partial charge in [-0.1, -0.05) is 0 Å². The lowest BCUT2D eigenvalue weighted by molar-refractivity contribution is -0.116. The molecule has 3 amide bonds. The first kappa shape index (κ1) is 18.1. The maximum absolute atomic E-state index is 12.4. The fourth-order valence-electron chi connectivity index (χ4n) is 5.74. The summed E-state index contributed by atoms with van der Waals surface area (Å²) in [6.45, 7) is 0.334. The fourth-order valence-corrected chi connectivity index (χ4v) is 5.74. The van der Waals surface area contributed by atoms with E-state index < -0.39 is 0 Å². The molecule has 4 bridgehead atoms. The summed E-state index contributed by atoms with van der Waals surface area (Å²) in [4.78, 5) is 24.4. The number of methoxy groups -OCH3 is 1. The van der Waals surface area contributed by atoms with Crippen molar-refractivity contribution in [2.24, 2.45) is 17.8 Å². The first-order valence-electron chi connectivity index (χ1n) is 10.0. The molecule has 3 N–H and O–H groups in total. The summed E-state index contributed by atoms with van der Waals surface area (Å²) in [5.74, 6) is 3.02. The Hall–Kier alpha value is -2.24. The molecule has 146 valence electrons. The van der Waals surface area contributed by atoms with Gasteiger partial charge < -0.3 is 20.7 Å². The lowest BCUT2D eigenvalue weighted by Crippen LogP contribution is -2.61. The summed E-state index contributed by atoms with van der Waals surface area (Å²) in [7, 11) is 1.60. The number of amides is 3. The van der Waals surface area contributed by atoms with E-state index >= 15 is 0 Å². The molecular weight excluding hydrogens is 342 g/mol. The van der Waals surface area contributed by atoms with Crippen LogP contribution in [0, 0.1) is 17.8 Å². The van der Waals surface area contributed by atoms with Crippen LogP contribution in [0.4, 0.5) is 10.5 Å². The number of urea groups is 1. The van der Waals surface area contributed by atoms with Crippen LogP contribution in [-0.2, 0) is 4.79 Å². The lowest BCUT2D eigenvalue weighted by Gasteiger charge is -2.56. The van der Waals surface area contributed by atoms with Gasteiger partial charge in [0.15, 0.2) is 0 Å². The molecular formula is C21H29N3O3. The summed E-state index contributed by atoms with van der Waals surface area (Å²) in [6, 6.07) is 7.06. The Morgan fingerprint density at radius 3 is 2.19 bits per heavy atom. The van der Waals surface area contributed by atoms with Gasteiger partial charge in [-0.3, -0.25) is 4.79 Å². The molecule has 0 spiro atoms. The van der Waals surface area contributed by atoms with Crippen molar-refractivity contribution < 1.29 is 14.3 Å². The third kappa shape index (κ3) is 4.20. The summed E-state index contributed by atoms with van der Waals surface area (Å²) < 4.78 is 5.10. The van der Waals surface area contributed by atoms with Crippen molar-refractivity contribution in [1.29, 1.82) is 0 Å². The Labute approximate surface area is 160 Å². The molecule has 0 heterocycles. The third-order valence-electron chi connectivity index (χ3n) is 6.43. The van der Waals surface area contributed by atoms with Crippen LogP contribution in [0.5, 0.6) is 5.75 Å². The van der Waals surface area contributed by atoms with Crippen molar-refractivity contribution in [1.82, 2.24) is 10.6 Å². The molecule has 27 heavy (non-hydrogen) atoms. The number of hydrogen-bond acceptors (Lipinski definition) is 3. The number of rotatable bonds is 6. The Kier molecular flexibility index (Phi) is 4.98. The average molecular weight is 371 g/mol. The van der Waals surface area contributed by atoms with Crippen molar-refractivity contribution in [3.63, 3.8) is 0 Å². The minimum Gasteiger partial charge on any atom is -0.497 e. The molecule has 0 aromatic heterocycles. The highest BCUT2D eigenvalue weighted by molar-refractivity contribution is 5.91. The van der Waals surface area contributed by atoms with Gasteiger partial charge in [0.05, 0.1) is 7.11 Å². The Morgan fingerprint density at radius 2 is 1.63 bits per heavy atom. The van der Waals surface area contributed by atoms with E-state index in [0.29, 0.717) is 6.54 Å². The second kappa shape index (κ2) is 7.41. The van der Waals surface area contributed by atoms with Gasteiger partial charge in [0.25, 0.3) is 0 Å². The topological polar surface area (TPSA) is 79.5 Å². The van der Waals surface area contributed by atoms with E-state index in [1.165, 1.54) is 19.3 Å². The van der Waals surface area contributed by atoms with Crippen LogP contribution in [0.3, 0.4) is 0 Å². The average Bonchev–Trinajstić information content (AvgIpc) is 2.60. The Bertz CT molecular complexity index is 666. The molecule has 0 atom stereocenters. The standard InChI is InChI=1S/C21H29N3O3/c1-27-18-4-2-17(3-5-18)23-19(25)6-7-22-20(26)24-21-11-14-8-15(12-21)10-16(9-14)13-21/h2-5,14-16H,6-13H2,1H3,(H,23,25)(H2,22,24,26). The number of carbonyl (C=O) groups excluding carboxylic acids is 2.